The Kier molecular flexibility index (Phi) is 18.5. The maximum absolute atomic E-state index is 14.1. The predicted molar refractivity (Wildman–Crippen MR) is 282 cm³/mol. The Morgan fingerprint density at radius 2 is 1.44 bits per heavy atom. The monoisotopic (exact) mass is 985 g/mol. The lowest BCUT2D eigenvalue weighted by Crippen LogP contribution is -2.56. The van der Waals surface area contributed by atoms with Crippen molar-refractivity contribution in [1.82, 2.24) is 30.3 Å². The second kappa shape index (κ2) is 24.9. The fourth-order valence-electron chi connectivity index (χ4n) is 9.62. The number of piperazine rings is 1. The van der Waals surface area contributed by atoms with Crippen LogP contribution in [0, 0.1) is 12.3 Å². The molecule has 3 heterocycles. The molecule has 0 aliphatic carbocycles. The Morgan fingerprint density at radius 3 is 2.04 bits per heavy atom. The molecule has 378 valence electrons. The van der Waals surface area contributed by atoms with Gasteiger partial charge >= 0.3 is 0 Å². The van der Waals surface area contributed by atoms with Gasteiger partial charge in [0.15, 0.2) is 0 Å². The van der Waals surface area contributed by atoms with Gasteiger partial charge < -0.3 is 40.5 Å². The average Bonchev–Trinajstić information content (AvgIpc) is 3.99. The molecule has 5 aromatic rings. The summed E-state index contributed by atoms with van der Waals surface area (Å²) in [6.07, 6.45) is 4.24. The van der Waals surface area contributed by atoms with Crippen LogP contribution in [0.5, 0.6) is 17.2 Å². The lowest BCUT2D eigenvalue weighted by atomic mass is 9.85. The molecule has 13 nitrogen and oxygen atoms in total. The summed E-state index contributed by atoms with van der Waals surface area (Å²) in [4.78, 5) is 52.0. The average molecular weight is 985 g/mol. The van der Waals surface area contributed by atoms with Crippen molar-refractivity contribution in [3.63, 3.8) is 0 Å². The molecule has 2 fully saturated rings. The fourth-order valence-corrected chi connectivity index (χ4v) is 10.4. The van der Waals surface area contributed by atoms with Crippen molar-refractivity contribution >= 4 is 40.2 Å². The summed E-state index contributed by atoms with van der Waals surface area (Å²) < 4.78 is 6.18. The summed E-state index contributed by atoms with van der Waals surface area (Å²) in [6.45, 7) is 15.5. The van der Waals surface area contributed by atoms with E-state index in [1.807, 2.05) is 98.8 Å². The van der Waals surface area contributed by atoms with E-state index in [0.29, 0.717) is 39.2 Å². The van der Waals surface area contributed by atoms with Gasteiger partial charge in [0.25, 0.3) is 0 Å². The molecule has 3 amide bonds. The van der Waals surface area contributed by atoms with Crippen molar-refractivity contribution in [3.05, 3.63) is 131 Å². The number of amides is 3. The highest BCUT2D eigenvalue weighted by molar-refractivity contribution is 7.13. The zero-order valence-electron chi connectivity index (χ0n) is 42.0. The third kappa shape index (κ3) is 14.3. The van der Waals surface area contributed by atoms with E-state index in [1.165, 1.54) is 0 Å². The van der Waals surface area contributed by atoms with Crippen LogP contribution >= 0.6 is 11.3 Å². The highest BCUT2D eigenvalue weighted by Crippen LogP contribution is 2.36. The Labute approximate surface area is 423 Å². The summed E-state index contributed by atoms with van der Waals surface area (Å²) in [6, 6.07) is 29.4. The van der Waals surface area contributed by atoms with Crippen LogP contribution in [-0.4, -0.2) is 123 Å². The largest absolute Gasteiger partial charge is 0.508 e. The second-order valence-electron chi connectivity index (χ2n) is 19.9. The summed E-state index contributed by atoms with van der Waals surface area (Å²) in [5.74, 6) is 0.966. The van der Waals surface area contributed by atoms with Gasteiger partial charge in [0.1, 0.15) is 29.9 Å². The zero-order chi connectivity index (χ0) is 50.5. The maximum atomic E-state index is 14.1. The van der Waals surface area contributed by atoms with E-state index < -0.39 is 23.6 Å². The molecule has 1 unspecified atom stereocenters. The third-order valence-corrected chi connectivity index (χ3v) is 14.6. The summed E-state index contributed by atoms with van der Waals surface area (Å²) in [5.41, 5.74) is 9.65. The van der Waals surface area contributed by atoms with Gasteiger partial charge in [-0.15, -0.1) is 11.3 Å². The number of unbranched alkanes of at least 4 members (excludes halogenated alkanes) is 3. The first kappa shape index (κ1) is 52.8. The molecule has 2 aliphatic heterocycles. The minimum absolute atomic E-state index is 0.121. The summed E-state index contributed by atoms with van der Waals surface area (Å²) >= 11 is 1.60. The van der Waals surface area contributed by atoms with Gasteiger partial charge in [-0.1, -0.05) is 101 Å². The van der Waals surface area contributed by atoms with Crippen molar-refractivity contribution in [2.45, 2.75) is 104 Å². The number of β-amino-alcohol motifs (C(OH)–C–C–N with tert-alkyl or cyclic N) is 1. The molecule has 4 aromatic carbocycles. The van der Waals surface area contributed by atoms with Crippen LogP contribution in [0.4, 0.5) is 0 Å². The SMILES string of the molecule is CCC(=C(c1ccc(O)cc1)c1ccc(OCCN2CCN(C(=O)CCCCCCNC(C(=O)N3C[C@H](O)C[C@H]3C(=O)NCc3ccc(-c4scnc4C)cc3)C(C)(C)C)CC2)cc1)c1ccc(O)cc1. The number of allylic oxidation sites excluding steroid dienone is 1. The number of phenols is 2. The van der Waals surface area contributed by atoms with Crippen molar-refractivity contribution in [2.24, 2.45) is 5.41 Å². The normalized spacial score (nSPS) is 17.2. The first-order valence-electron chi connectivity index (χ1n) is 25.2. The summed E-state index contributed by atoms with van der Waals surface area (Å²) in [5, 5.41) is 37.0. The quantitative estimate of drug-likeness (QED) is 0.0355. The van der Waals surface area contributed by atoms with Gasteiger partial charge in [0.05, 0.1) is 28.2 Å². The lowest BCUT2D eigenvalue weighted by molar-refractivity contribution is -0.142. The summed E-state index contributed by atoms with van der Waals surface area (Å²) in [7, 11) is 0. The highest BCUT2D eigenvalue weighted by atomic mass is 32.1. The minimum atomic E-state index is -0.767. The minimum Gasteiger partial charge on any atom is -0.508 e. The number of carbonyl (C=O) groups excluding carboxylic acids is 3. The number of aromatic hydroxyl groups is 2. The molecule has 3 atom stereocenters. The van der Waals surface area contributed by atoms with Gasteiger partial charge in [0.2, 0.25) is 17.7 Å². The molecule has 0 radical (unpaired) electrons. The second-order valence-corrected chi connectivity index (χ2v) is 20.7. The number of thiazole rings is 1. The van der Waals surface area contributed by atoms with Crippen molar-refractivity contribution in [1.29, 1.82) is 0 Å². The van der Waals surface area contributed by atoms with Crippen LogP contribution in [0.15, 0.2) is 103 Å². The van der Waals surface area contributed by atoms with Crippen LogP contribution in [0.2, 0.25) is 0 Å². The molecule has 7 rings (SSSR count). The number of nitrogens with one attached hydrogen (secondary N) is 2. The number of aromatic nitrogens is 1. The Balaban J connectivity index is 0.790. The number of nitrogens with zero attached hydrogens (tertiary/aromatic N) is 4. The maximum Gasteiger partial charge on any atom is 0.243 e. The van der Waals surface area contributed by atoms with Crippen molar-refractivity contribution in [3.8, 4) is 27.7 Å². The number of rotatable bonds is 21. The molecular weight excluding hydrogens is 913 g/mol. The van der Waals surface area contributed by atoms with Gasteiger partial charge in [-0.3, -0.25) is 19.3 Å². The van der Waals surface area contributed by atoms with E-state index in [0.717, 1.165) is 107 Å². The number of ether oxygens (including phenoxy) is 1. The van der Waals surface area contributed by atoms with Crippen LogP contribution in [0.1, 0.15) is 101 Å². The van der Waals surface area contributed by atoms with Crippen LogP contribution in [0.3, 0.4) is 0 Å². The molecule has 0 spiro atoms. The molecule has 1 aromatic heterocycles. The Hall–Kier alpha value is -6.06. The van der Waals surface area contributed by atoms with E-state index in [4.69, 9.17) is 4.74 Å². The number of hydrogen-bond donors (Lipinski definition) is 5. The Bertz CT molecular complexity index is 2550. The molecular formula is C57H72N6O7S. The van der Waals surface area contributed by atoms with Gasteiger partial charge in [-0.25, -0.2) is 4.98 Å². The third-order valence-electron chi connectivity index (χ3n) is 13.6. The number of aliphatic hydroxyl groups is 1. The van der Waals surface area contributed by atoms with Crippen LogP contribution in [0.25, 0.3) is 21.6 Å². The number of benzene rings is 4. The number of aryl methyl sites for hydroxylation is 1. The fraction of sp³-hybridized carbons (Fsp3) is 0.439. The van der Waals surface area contributed by atoms with Gasteiger partial charge in [-0.05, 0) is 114 Å². The van der Waals surface area contributed by atoms with Crippen molar-refractivity contribution in [2.75, 3.05) is 52.4 Å². The van der Waals surface area contributed by atoms with E-state index in [9.17, 15) is 29.7 Å². The first-order chi connectivity index (χ1) is 34.2. The van der Waals surface area contributed by atoms with E-state index >= 15 is 0 Å². The standard InChI is InChI=1S/C57H72N6O7S/c1-6-49(41-16-22-45(64)23-17-41)52(42-18-24-46(65)25-19-42)43-20-26-48(27-21-43)70-34-33-61-29-31-62(32-30-61)51(67)11-9-7-8-10-28-58-54(57(3,4)5)56(69)63-37-47(66)35-50(63)55(68)59-36-40-12-14-44(15-13-40)53-39(2)60-38-71-53/h12-27,38,47,50,54,58,64-66H,6-11,28-37H2,1-5H3,(H,59,68)/t47-,50+,54?/m1/s1. The smallest absolute Gasteiger partial charge is 0.243 e. The molecule has 2 saturated heterocycles. The topological polar surface area (TPSA) is 168 Å². The predicted octanol–water partition coefficient (Wildman–Crippen LogP) is 8.65. The first-order valence-corrected chi connectivity index (χ1v) is 26.1. The van der Waals surface area contributed by atoms with Crippen LogP contribution < -0.4 is 15.4 Å². The zero-order valence-corrected chi connectivity index (χ0v) is 42.8. The number of aliphatic hydroxyl groups excluding tert-OH is 1. The Morgan fingerprint density at radius 1 is 0.817 bits per heavy atom. The molecule has 0 bridgehead atoms. The molecule has 14 heteroatoms. The molecule has 2 aliphatic rings. The van der Waals surface area contributed by atoms with E-state index in [1.54, 1.807) is 40.5 Å². The van der Waals surface area contributed by atoms with Gasteiger partial charge in [0, 0.05) is 58.7 Å². The number of likely N-dealkylation sites (tertiary alicyclic amines) is 1. The number of phenolic OH excluding ortho intramolecular Hbond substituents is 2. The molecule has 0 saturated carbocycles. The molecule has 71 heavy (non-hydrogen) atoms. The lowest BCUT2D eigenvalue weighted by Gasteiger charge is -2.35. The van der Waals surface area contributed by atoms with E-state index in [-0.39, 0.29) is 42.2 Å². The van der Waals surface area contributed by atoms with Crippen LogP contribution in [-0.2, 0) is 20.9 Å². The molecule has 5 N–H and O–H groups in total. The number of carbonyl (C=O) groups is 3. The van der Waals surface area contributed by atoms with Gasteiger partial charge in [-0.2, -0.15) is 0 Å². The van der Waals surface area contributed by atoms with E-state index in [2.05, 4.69) is 39.6 Å². The highest BCUT2D eigenvalue weighted by Gasteiger charge is 2.43. The number of hydrogen-bond acceptors (Lipinski definition) is 11. The van der Waals surface area contributed by atoms with Crippen molar-refractivity contribution < 1.29 is 34.4 Å².